The fourth-order valence-corrected chi connectivity index (χ4v) is 4.68. The molecule has 3 heterocycles. The van der Waals surface area contributed by atoms with Crippen LogP contribution in [0.5, 0.6) is 0 Å². The van der Waals surface area contributed by atoms with Gasteiger partial charge in [-0.3, -0.25) is 4.79 Å². The zero-order valence-corrected chi connectivity index (χ0v) is 14.4. The molecular weight excluding hydrogens is 346 g/mol. The molecule has 1 aromatic rings. The summed E-state index contributed by atoms with van der Waals surface area (Å²) in [6.45, 7) is 0.187. The quantitative estimate of drug-likeness (QED) is 0.406. The molecule has 2 fully saturated rings. The van der Waals surface area contributed by atoms with E-state index in [4.69, 9.17) is 9.52 Å². The van der Waals surface area contributed by atoms with Gasteiger partial charge >= 0.3 is 12.0 Å². The lowest BCUT2D eigenvalue weighted by molar-refractivity contribution is -0.121. The second-order valence-electron chi connectivity index (χ2n) is 6.22. The van der Waals surface area contributed by atoms with Crippen molar-refractivity contribution in [2.24, 2.45) is 0 Å². The molecule has 4 N–H and O–H groups in total. The van der Waals surface area contributed by atoms with E-state index in [1.807, 2.05) is 11.8 Å². The van der Waals surface area contributed by atoms with Crippen molar-refractivity contribution < 1.29 is 23.9 Å². The molecule has 25 heavy (non-hydrogen) atoms. The summed E-state index contributed by atoms with van der Waals surface area (Å²) >= 11 is 1.87. The number of urea groups is 1. The van der Waals surface area contributed by atoms with Gasteiger partial charge in [0, 0.05) is 17.4 Å². The highest BCUT2D eigenvalue weighted by Crippen LogP contribution is 2.33. The van der Waals surface area contributed by atoms with Crippen LogP contribution in [0, 0.1) is 0 Å². The van der Waals surface area contributed by atoms with Gasteiger partial charge in [-0.1, -0.05) is 6.42 Å². The lowest BCUT2D eigenvalue weighted by atomic mass is 10.0. The smallest absolute Gasteiger partial charge is 0.371 e. The van der Waals surface area contributed by atoms with Gasteiger partial charge in [-0.25, -0.2) is 9.59 Å². The summed E-state index contributed by atoms with van der Waals surface area (Å²) < 4.78 is 5.08. The molecule has 3 rings (SSSR count). The van der Waals surface area contributed by atoms with Gasteiger partial charge in [0.25, 0.3) is 0 Å². The minimum Gasteiger partial charge on any atom is -0.475 e. The third-order valence-corrected chi connectivity index (χ3v) is 5.92. The van der Waals surface area contributed by atoms with E-state index in [2.05, 4.69) is 16.0 Å². The van der Waals surface area contributed by atoms with Crippen LogP contribution in [0.1, 0.15) is 42.0 Å². The highest BCUT2D eigenvalue weighted by Gasteiger charge is 2.42. The van der Waals surface area contributed by atoms with Crippen LogP contribution in [0.2, 0.25) is 0 Å². The first-order chi connectivity index (χ1) is 12.0. The molecule has 2 saturated heterocycles. The maximum Gasteiger partial charge on any atom is 0.371 e. The number of unbranched alkanes of at least 4 members (excludes halogenated alkanes) is 1. The summed E-state index contributed by atoms with van der Waals surface area (Å²) in [4.78, 5) is 33.9. The highest BCUT2D eigenvalue weighted by atomic mass is 32.2. The van der Waals surface area contributed by atoms with Crippen LogP contribution < -0.4 is 16.0 Å². The second kappa shape index (κ2) is 7.81. The lowest BCUT2D eigenvalue weighted by Crippen LogP contribution is -2.36. The summed E-state index contributed by atoms with van der Waals surface area (Å²) in [5.41, 5.74) is 0. The number of nitrogens with one attached hydrogen (secondary N) is 3. The maximum absolute atomic E-state index is 11.8. The van der Waals surface area contributed by atoms with Crippen LogP contribution in [-0.4, -0.2) is 46.1 Å². The third kappa shape index (κ3) is 4.47. The Hall–Kier alpha value is -2.16. The SMILES string of the molecule is O=C(CCCC[C@@H]1SC[C@@H]2NC(=O)N[C@@H]21)NCc1ccc(C(=O)O)o1. The Balaban J connectivity index is 1.30. The van der Waals surface area contributed by atoms with Crippen LogP contribution in [0.15, 0.2) is 16.5 Å². The van der Waals surface area contributed by atoms with Crippen LogP contribution in [-0.2, 0) is 11.3 Å². The van der Waals surface area contributed by atoms with Gasteiger partial charge < -0.3 is 25.5 Å². The highest BCUT2D eigenvalue weighted by molar-refractivity contribution is 8.00. The zero-order valence-electron chi connectivity index (χ0n) is 13.6. The summed E-state index contributed by atoms with van der Waals surface area (Å²) in [6.07, 6.45) is 3.10. The molecule has 0 bridgehead atoms. The molecule has 3 amide bonds. The fourth-order valence-electron chi connectivity index (χ4n) is 3.14. The number of fused-ring (bicyclic) bond motifs is 1. The Morgan fingerprint density at radius 3 is 2.92 bits per heavy atom. The van der Waals surface area contributed by atoms with Crippen molar-refractivity contribution in [1.29, 1.82) is 0 Å². The van der Waals surface area contributed by atoms with Crippen LogP contribution in [0.3, 0.4) is 0 Å². The molecule has 0 aromatic carbocycles. The first kappa shape index (κ1) is 17.7. The lowest BCUT2D eigenvalue weighted by Gasteiger charge is -2.16. The number of aromatic carboxylic acids is 1. The van der Waals surface area contributed by atoms with Crippen molar-refractivity contribution in [3.05, 3.63) is 23.7 Å². The molecule has 9 heteroatoms. The summed E-state index contributed by atoms with van der Waals surface area (Å²) in [7, 11) is 0. The Kier molecular flexibility index (Phi) is 5.52. The molecule has 2 aliphatic rings. The Morgan fingerprint density at radius 2 is 2.16 bits per heavy atom. The predicted molar refractivity (Wildman–Crippen MR) is 91.5 cm³/mol. The van der Waals surface area contributed by atoms with Crippen molar-refractivity contribution in [2.45, 2.75) is 49.6 Å². The number of rotatable bonds is 8. The maximum atomic E-state index is 11.8. The van der Waals surface area contributed by atoms with Crippen molar-refractivity contribution in [3.63, 3.8) is 0 Å². The number of hydrogen-bond donors (Lipinski definition) is 4. The molecule has 0 unspecified atom stereocenters. The number of carbonyl (C=O) groups is 3. The largest absolute Gasteiger partial charge is 0.475 e. The average Bonchev–Trinajstić information content (AvgIpc) is 3.26. The fraction of sp³-hybridized carbons (Fsp3) is 0.562. The van der Waals surface area contributed by atoms with Crippen LogP contribution in [0.25, 0.3) is 0 Å². The van der Waals surface area contributed by atoms with Crippen molar-refractivity contribution in [3.8, 4) is 0 Å². The predicted octanol–water partition coefficient (Wildman–Crippen LogP) is 1.32. The first-order valence-corrected chi connectivity index (χ1v) is 9.35. The number of carbonyl (C=O) groups excluding carboxylic acids is 2. The molecular formula is C16H21N3O5S. The summed E-state index contributed by atoms with van der Waals surface area (Å²) in [5, 5.41) is 17.8. The molecule has 1 aromatic heterocycles. The number of hydrogen-bond acceptors (Lipinski definition) is 5. The zero-order chi connectivity index (χ0) is 17.8. The van der Waals surface area contributed by atoms with Crippen LogP contribution in [0.4, 0.5) is 4.79 Å². The topological polar surface area (TPSA) is 121 Å². The standard InChI is InChI=1S/C16H21N3O5S/c20-13(17-7-9-5-6-11(24-9)15(21)22)4-2-1-3-12-14-10(8-25-12)18-16(23)19-14/h5-6,10,12,14H,1-4,7-8H2,(H,17,20)(H,21,22)(H2,18,19,23)/t10-,12-,14-/m0/s1. The Labute approximate surface area is 149 Å². The normalized spacial score (nSPS) is 24.5. The van der Waals surface area contributed by atoms with Gasteiger partial charge in [0.15, 0.2) is 0 Å². The minimum atomic E-state index is -1.13. The molecule has 0 aliphatic carbocycles. The molecule has 0 radical (unpaired) electrons. The number of carboxylic acids is 1. The van der Waals surface area contributed by atoms with E-state index >= 15 is 0 Å². The second-order valence-corrected chi connectivity index (χ2v) is 7.49. The third-order valence-electron chi connectivity index (χ3n) is 4.41. The van der Waals surface area contributed by atoms with Crippen molar-refractivity contribution in [2.75, 3.05) is 5.75 Å². The van der Waals surface area contributed by atoms with Crippen molar-refractivity contribution >= 4 is 29.7 Å². The van der Waals surface area contributed by atoms with E-state index in [1.165, 1.54) is 6.07 Å². The summed E-state index contributed by atoms with van der Waals surface area (Å²) in [6, 6.07) is 3.26. The van der Waals surface area contributed by atoms with Gasteiger partial charge in [0.05, 0.1) is 18.6 Å². The number of thioether (sulfide) groups is 1. The Bertz CT molecular complexity index is 662. The van der Waals surface area contributed by atoms with E-state index in [0.29, 0.717) is 17.4 Å². The number of carboxylic acid groups (broad SMARTS) is 1. The van der Waals surface area contributed by atoms with Gasteiger partial charge in [-0.05, 0) is 25.0 Å². The Morgan fingerprint density at radius 1 is 1.32 bits per heavy atom. The minimum absolute atomic E-state index is 0.0799. The van der Waals surface area contributed by atoms with E-state index in [1.54, 1.807) is 6.07 Å². The molecule has 8 nitrogen and oxygen atoms in total. The van der Waals surface area contributed by atoms with Gasteiger partial charge in [-0.15, -0.1) is 0 Å². The van der Waals surface area contributed by atoms with E-state index in [-0.39, 0.29) is 36.3 Å². The molecule has 3 atom stereocenters. The number of furan rings is 1. The van der Waals surface area contributed by atoms with Gasteiger partial charge in [-0.2, -0.15) is 11.8 Å². The van der Waals surface area contributed by atoms with Crippen molar-refractivity contribution in [1.82, 2.24) is 16.0 Å². The number of amides is 3. The average molecular weight is 367 g/mol. The van der Waals surface area contributed by atoms with Gasteiger partial charge in [0.1, 0.15) is 5.76 Å². The monoisotopic (exact) mass is 367 g/mol. The summed E-state index contributed by atoms with van der Waals surface area (Å²) in [5.74, 6) is 0.0174. The molecule has 0 spiro atoms. The molecule has 2 aliphatic heterocycles. The van der Waals surface area contributed by atoms with Crippen LogP contribution >= 0.6 is 11.8 Å². The molecule has 136 valence electrons. The van der Waals surface area contributed by atoms with E-state index < -0.39 is 5.97 Å². The van der Waals surface area contributed by atoms with Gasteiger partial charge in [0.2, 0.25) is 11.7 Å². The molecule has 0 saturated carbocycles. The van der Waals surface area contributed by atoms with E-state index in [0.717, 1.165) is 25.0 Å². The first-order valence-electron chi connectivity index (χ1n) is 8.30. The van der Waals surface area contributed by atoms with E-state index in [9.17, 15) is 14.4 Å².